The van der Waals surface area contributed by atoms with Crippen LogP contribution in [0.15, 0.2) is 156 Å². The zero-order valence-corrected chi connectivity index (χ0v) is 27.6. The second kappa shape index (κ2) is 11.3. The number of benzene rings is 7. The molecule has 3 heterocycles. The van der Waals surface area contributed by atoms with Crippen molar-refractivity contribution in [2.75, 3.05) is 0 Å². The van der Waals surface area contributed by atoms with Crippen molar-refractivity contribution in [3.05, 3.63) is 152 Å². The molecule has 6 heteroatoms. The Hall–Kier alpha value is -5.95. The third kappa shape index (κ3) is 5.01. The number of para-hydroxylation sites is 2. The van der Waals surface area contributed by atoms with Gasteiger partial charge in [0.25, 0.3) is 0 Å². The molecule has 0 radical (unpaired) electrons. The van der Waals surface area contributed by atoms with E-state index in [4.69, 9.17) is 19.4 Å². The van der Waals surface area contributed by atoms with E-state index in [0.29, 0.717) is 5.89 Å². The van der Waals surface area contributed by atoms with Crippen LogP contribution < -0.4 is 0 Å². The molecule has 10 aromatic rings. The summed E-state index contributed by atoms with van der Waals surface area (Å²) in [7, 11) is 0. The lowest BCUT2D eigenvalue weighted by Crippen LogP contribution is -1.86. The van der Waals surface area contributed by atoms with Crippen molar-refractivity contribution in [1.82, 2.24) is 15.0 Å². The first kappa shape index (κ1) is 28.1. The van der Waals surface area contributed by atoms with E-state index in [1.807, 2.05) is 12.1 Å². The summed E-state index contributed by atoms with van der Waals surface area (Å²) in [5, 5.41) is 4.38. The fourth-order valence-electron chi connectivity index (χ4n) is 6.45. The van der Waals surface area contributed by atoms with Crippen LogP contribution in [0.4, 0.5) is 0 Å². The van der Waals surface area contributed by atoms with Crippen LogP contribution in [0.2, 0.25) is 0 Å². The van der Waals surface area contributed by atoms with E-state index in [2.05, 4.69) is 140 Å². The third-order valence-electron chi connectivity index (χ3n) is 8.99. The zero-order valence-electron chi connectivity index (χ0n) is 26.0. The van der Waals surface area contributed by atoms with Gasteiger partial charge in [-0.25, -0.2) is 15.0 Å². The molecule has 0 saturated carbocycles. The quantitative estimate of drug-likeness (QED) is 0.184. The van der Waals surface area contributed by atoms with Crippen molar-refractivity contribution in [3.63, 3.8) is 0 Å². The van der Waals surface area contributed by atoms with Gasteiger partial charge in [-0.15, -0.1) is 22.7 Å². The Kier molecular flexibility index (Phi) is 6.50. The highest BCUT2D eigenvalue weighted by Gasteiger charge is 2.17. The van der Waals surface area contributed by atoms with Gasteiger partial charge in [0, 0.05) is 22.3 Å². The lowest BCUT2D eigenvalue weighted by molar-refractivity contribution is 0.620. The van der Waals surface area contributed by atoms with E-state index >= 15 is 0 Å². The summed E-state index contributed by atoms with van der Waals surface area (Å²) in [5.74, 6) is 0.608. The van der Waals surface area contributed by atoms with Crippen LogP contribution in [-0.4, -0.2) is 15.0 Å². The van der Waals surface area contributed by atoms with Gasteiger partial charge < -0.3 is 4.42 Å². The van der Waals surface area contributed by atoms with Crippen molar-refractivity contribution in [3.8, 4) is 54.9 Å². The van der Waals surface area contributed by atoms with Crippen molar-refractivity contribution in [1.29, 1.82) is 0 Å². The highest BCUT2D eigenvalue weighted by Crippen LogP contribution is 2.39. The smallest absolute Gasteiger partial charge is 0.227 e. The first-order chi connectivity index (χ1) is 24.2. The molecule has 3 aromatic heterocycles. The predicted molar refractivity (Wildman–Crippen MR) is 205 cm³/mol. The molecular weight excluding hydrogens is 639 g/mol. The highest BCUT2D eigenvalue weighted by molar-refractivity contribution is 7.22. The maximum absolute atomic E-state index is 6.55. The molecular formula is C43H25N3OS2. The normalized spacial score (nSPS) is 11.7. The number of rotatable bonds is 5. The molecule has 0 unspecified atom stereocenters. The summed E-state index contributed by atoms with van der Waals surface area (Å²) in [6.45, 7) is 0. The first-order valence-corrected chi connectivity index (χ1v) is 17.7. The summed E-state index contributed by atoms with van der Waals surface area (Å²) in [4.78, 5) is 14.8. The van der Waals surface area contributed by atoms with E-state index in [1.165, 1.54) is 14.8 Å². The van der Waals surface area contributed by atoms with Gasteiger partial charge in [0.1, 0.15) is 15.5 Å². The second-order valence-electron chi connectivity index (χ2n) is 12.1. The molecule has 230 valence electrons. The van der Waals surface area contributed by atoms with Crippen LogP contribution in [-0.2, 0) is 0 Å². The average molecular weight is 664 g/mol. The summed E-state index contributed by atoms with van der Waals surface area (Å²) in [5.41, 5.74) is 11.1. The Morgan fingerprint density at radius 3 is 1.61 bits per heavy atom. The van der Waals surface area contributed by atoms with E-state index in [9.17, 15) is 0 Å². The number of hydrogen-bond donors (Lipinski definition) is 0. The Bertz CT molecular complexity index is 2760. The van der Waals surface area contributed by atoms with Gasteiger partial charge in [-0.1, -0.05) is 103 Å². The minimum absolute atomic E-state index is 0.608. The lowest BCUT2D eigenvalue weighted by atomic mass is 9.96. The Balaban J connectivity index is 1.08. The number of thiazole rings is 2. The third-order valence-corrected chi connectivity index (χ3v) is 11.2. The van der Waals surface area contributed by atoms with Crippen LogP contribution in [0.1, 0.15) is 0 Å². The van der Waals surface area contributed by atoms with Crippen LogP contribution in [0.5, 0.6) is 0 Å². The van der Waals surface area contributed by atoms with Crippen molar-refractivity contribution in [2.24, 2.45) is 0 Å². The monoisotopic (exact) mass is 663 g/mol. The van der Waals surface area contributed by atoms with Gasteiger partial charge >= 0.3 is 0 Å². The largest absolute Gasteiger partial charge is 0.436 e. The summed E-state index contributed by atoms with van der Waals surface area (Å²) >= 11 is 3.43. The van der Waals surface area contributed by atoms with Crippen molar-refractivity contribution in [2.45, 2.75) is 0 Å². The summed E-state index contributed by atoms with van der Waals surface area (Å²) < 4.78 is 8.93. The molecule has 0 saturated heterocycles. The minimum atomic E-state index is 0.608. The molecule has 0 bridgehead atoms. The van der Waals surface area contributed by atoms with Gasteiger partial charge in [0.05, 0.1) is 20.4 Å². The van der Waals surface area contributed by atoms with Crippen LogP contribution >= 0.6 is 22.7 Å². The number of nitrogens with zero attached hydrogens (tertiary/aromatic N) is 3. The molecule has 7 aromatic carbocycles. The topological polar surface area (TPSA) is 51.8 Å². The molecule has 0 spiro atoms. The van der Waals surface area contributed by atoms with Gasteiger partial charge in [0.2, 0.25) is 5.89 Å². The van der Waals surface area contributed by atoms with E-state index in [0.717, 1.165) is 76.5 Å². The maximum atomic E-state index is 6.55. The van der Waals surface area contributed by atoms with Gasteiger partial charge in [-0.2, -0.15) is 0 Å². The van der Waals surface area contributed by atoms with Crippen molar-refractivity contribution < 1.29 is 4.42 Å². The van der Waals surface area contributed by atoms with Crippen molar-refractivity contribution >= 4 is 65.0 Å². The molecule has 0 aliphatic heterocycles. The molecule has 4 nitrogen and oxygen atoms in total. The Labute approximate surface area is 289 Å². The fraction of sp³-hybridized carbons (Fsp3) is 0. The predicted octanol–water partition coefficient (Wildman–Crippen LogP) is 12.5. The molecule has 0 atom stereocenters. The summed E-state index contributed by atoms with van der Waals surface area (Å²) in [6.07, 6.45) is 0. The first-order valence-electron chi connectivity index (χ1n) is 16.1. The zero-order chi connectivity index (χ0) is 32.3. The number of aromatic nitrogens is 3. The van der Waals surface area contributed by atoms with Gasteiger partial charge in [-0.05, 0) is 76.0 Å². The van der Waals surface area contributed by atoms with Gasteiger partial charge in [0.15, 0.2) is 5.58 Å². The van der Waals surface area contributed by atoms with Crippen LogP contribution in [0.25, 0.3) is 97.2 Å². The summed E-state index contributed by atoms with van der Waals surface area (Å²) in [6, 6.07) is 52.9. The Morgan fingerprint density at radius 2 is 0.959 bits per heavy atom. The molecule has 49 heavy (non-hydrogen) atoms. The standard InChI is InChI=1S/C43H25N3OS2/c1-2-8-31-23-32(22-15-26(31)7-1)41-46-40-34(28-16-20-30(21-17-28)43-45-36-10-4-6-12-39(36)49-43)24-33(25-37(40)47-41)27-13-18-29(19-14-27)42-44-35-9-3-5-11-38(35)48-42/h1-25H. The number of hydrogen-bond acceptors (Lipinski definition) is 6. The SMILES string of the molecule is c1ccc2cc(-c3nc4c(-c5ccc(-c6nc7ccccc7s6)cc5)cc(-c5ccc(-c6nc7ccccc7s6)cc5)cc4o3)ccc2c1. The second-order valence-corrected chi connectivity index (χ2v) is 14.1. The van der Waals surface area contributed by atoms with E-state index in [1.54, 1.807) is 22.7 Å². The molecule has 0 fully saturated rings. The molecule has 0 amide bonds. The van der Waals surface area contributed by atoms with Crippen LogP contribution in [0, 0.1) is 0 Å². The van der Waals surface area contributed by atoms with Crippen LogP contribution in [0.3, 0.4) is 0 Å². The molecule has 0 aliphatic rings. The number of oxazole rings is 1. The molecule has 0 N–H and O–H groups in total. The fourth-order valence-corrected chi connectivity index (χ4v) is 8.39. The van der Waals surface area contributed by atoms with E-state index < -0.39 is 0 Å². The highest BCUT2D eigenvalue weighted by atomic mass is 32.1. The molecule has 10 rings (SSSR count). The van der Waals surface area contributed by atoms with E-state index in [-0.39, 0.29) is 0 Å². The lowest BCUT2D eigenvalue weighted by Gasteiger charge is -2.08. The number of fused-ring (bicyclic) bond motifs is 4. The molecule has 0 aliphatic carbocycles. The Morgan fingerprint density at radius 1 is 0.408 bits per heavy atom. The maximum Gasteiger partial charge on any atom is 0.227 e. The van der Waals surface area contributed by atoms with Gasteiger partial charge in [-0.3, -0.25) is 0 Å². The minimum Gasteiger partial charge on any atom is -0.436 e. The average Bonchev–Trinajstić information content (AvgIpc) is 3.91.